The lowest BCUT2D eigenvalue weighted by atomic mass is 10.0. The Kier molecular flexibility index (Phi) is 6.44. The van der Waals surface area contributed by atoms with Gasteiger partial charge in [0.1, 0.15) is 12.1 Å². The van der Waals surface area contributed by atoms with Crippen LogP contribution in [0.1, 0.15) is 26.2 Å². The van der Waals surface area contributed by atoms with Crippen LogP contribution in [-0.2, 0) is 28.6 Å². The monoisotopic (exact) mass is 287 g/mol. The molecule has 0 saturated carbocycles. The second kappa shape index (κ2) is 7.84. The summed E-state index contributed by atoms with van der Waals surface area (Å²) in [6, 6.07) is -0.884. The maximum atomic E-state index is 11.9. The number of nitrogens with one attached hydrogen (secondary N) is 1. The molecule has 1 rings (SSSR count). The van der Waals surface area contributed by atoms with Gasteiger partial charge in [0, 0.05) is 6.61 Å². The van der Waals surface area contributed by atoms with Gasteiger partial charge in [0.15, 0.2) is 0 Å². The van der Waals surface area contributed by atoms with Crippen molar-refractivity contribution >= 4 is 17.8 Å². The second-order valence-corrected chi connectivity index (χ2v) is 4.75. The molecule has 0 aromatic rings. The summed E-state index contributed by atoms with van der Waals surface area (Å²) >= 11 is 0. The first-order valence-electron chi connectivity index (χ1n) is 6.57. The Balaban J connectivity index is 2.61. The molecule has 1 amide bonds. The molecule has 1 fully saturated rings. The van der Waals surface area contributed by atoms with E-state index in [1.807, 2.05) is 0 Å². The summed E-state index contributed by atoms with van der Waals surface area (Å²) in [5.74, 6) is -1.90. The van der Waals surface area contributed by atoms with E-state index in [1.165, 1.54) is 14.2 Å². The molecule has 114 valence electrons. The molecule has 1 aliphatic heterocycles. The lowest BCUT2D eigenvalue weighted by molar-refractivity contribution is -0.149. The van der Waals surface area contributed by atoms with Gasteiger partial charge in [-0.2, -0.15) is 0 Å². The molecular weight excluding hydrogens is 266 g/mol. The quantitative estimate of drug-likeness (QED) is 0.693. The lowest BCUT2D eigenvalue weighted by Crippen LogP contribution is -2.47. The van der Waals surface area contributed by atoms with Crippen molar-refractivity contribution in [1.82, 2.24) is 5.32 Å². The van der Waals surface area contributed by atoms with E-state index >= 15 is 0 Å². The van der Waals surface area contributed by atoms with Crippen molar-refractivity contribution in [2.24, 2.45) is 5.92 Å². The van der Waals surface area contributed by atoms with Crippen LogP contribution in [0.2, 0.25) is 0 Å². The largest absolute Gasteiger partial charge is 0.469 e. The van der Waals surface area contributed by atoms with E-state index < -0.39 is 30.0 Å². The summed E-state index contributed by atoms with van der Waals surface area (Å²) in [4.78, 5) is 35.0. The number of rotatable bonds is 6. The fourth-order valence-electron chi connectivity index (χ4n) is 2.06. The highest BCUT2D eigenvalue weighted by Crippen LogP contribution is 2.14. The Morgan fingerprint density at radius 2 is 1.90 bits per heavy atom. The van der Waals surface area contributed by atoms with Crippen LogP contribution in [0.15, 0.2) is 0 Å². The molecule has 0 unspecified atom stereocenters. The summed E-state index contributed by atoms with van der Waals surface area (Å²) in [6.45, 7) is 2.17. The minimum absolute atomic E-state index is 0.123. The van der Waals surface area contributed by atoms with E-state index in [0.29, 0.717) is 13.0 Å². The van der Waals surface area contributed by atoms with Crippen LogP contribution in [0.5, 0.6) is 0 Å². The molecule has 1 N–H and O–H groups in total. The molecule has 20 heavy (non-hydrogen) atoms. The lowest BCUT2D eigenvalue weighted by Gasteiger charge is -2.20. The Morgan fingerprint density at radius 1 is 1.25 bits per heavy atom. The number of carbonyl (C=O) groups excluding carboxylic acids is 3. The second-order valence-electron chi connectivity index (χ2n) is 4.75. The Labute approximate surface area is 117 Å². The normalized spacial score (nSPS) is 20.9. The summed E-state index contributed by atoms with van der Waals surface area (Å²) < 4.78 is 14.5. The molecule has 0 radical (unpaired) electrons. The Hall–Kier alpha value is -1.63. The third kappa shape index (κ3) is 4.48. The fraction of sp³-hybridized carbons (Fsp3) is 0.769. The van der Waals surface area contributed by atoms with Gasteiger partial charge in [-0.15, -0.1) is 0 Å². The average Bonchev–Trinajstić information content (AvgIpc) is 2.98. The number of amides is 1. The standard InChI is InChI=1S/C13H21NO6/c1-8(12(16)18-2)7-9(13(17)19-3)14-11(15)10-5-4-6-20-10/h8-10H,4-7H2,1-3H3,(H,14,15)/t8-,9-,10-/m0/s1. The van der Waals surface area contributed by atoms with Gasteiger partial charge in [-0.25, -0.2) is 4.79 Å². The van der Waals surface area contributed by atoms with Crippen LogP contribution in [0, 0.1) is 5.92 Å². The van der Waals surface area contributed by atoms with Crippen molar-refractivity contribution in [2.45, 2.75) is 38.3 Å². The molecular formula is C13H21NO6. The van der Waals surface area contributed by atoms with Crippen molar-refractivity contribution in [1.29, 1.82) is 0 Å². The molecule has 3 atom stereocenters. The van der Waals surface area contributed by atoms with E-state index in [0.717, 1.165) is 6.42 Å². The number of hydrogen-bond donors (Lipinski definition) is 1. The topological polar surface area (TPSA) is 90.9 Å². The Morgan fingerprint density at radius 3 is 2.40 bits per heavy atom. The molecule has 0 bridgehead atoms. The van der Waals surface area contributed by atoms with Gasteiger partial charge < -0.3 is 19.5 Å². The molecule has 0 spiro atoms. The van der Waals surface area contributed by atoms with Gasteiger partial charge in [0.25, 0.3) is 0 Å². The molecule has 0 aliphatic carbocycles. The molecule has 7 heteroatoms. The van der Waals surface area contributed by atoms with Crippen molar-refractivity contribution in [3.05, 3.63) is 0 Å². The minimum Gasteiger partial charge on any atom is -0.469 e. The zero-order valence-electron chi connectivity index (χ0n) is 12.0. The first-order chi connectivity index (χ1) is 9.49. The summed E-state index contributed by atoms with van der Waals surface area (Å²) in [5, 5.41) is 2.57. The van der Waals surface area contributed by atoms with Crippen molar-refractivity contribution in [3.8, 4) is 0 Å². The van der Waals surface area contributed by atoms with Crippen LogP contribution in [0.25, 0.3) is 0 Å². The van der Waals surface area contributed by atoms with Gasteiger partial charge in [-0.1, -0.05) is 6.92 Å². The predicted octanol–water partition coefficient (Wildman–Crippen LogP) is 0.0224. The third-order valence-electron chi connectivity index (χ3n) is 3.22. The smallest absolute Gasteiger partial charge is 0.328 e. The maximum Gasteiger partial charge on any atom is 0.328 e. The Bertz CT molecular complexity index is 364. The van der Waals surface area contributed by atoms with Gasteiger partial charge in [-0.05, 0) is 19.3 Å². The molecule has 1 saturated heterocycles. The van der Waals surface area contributed by atoms with Gasteiger partial charge in [0.05, 0.1) is 20.1 Å². The molecule has 0 aromatic heterocycles. The van der Waals surface area contributed by atoms with E-state index in [1.54, 1.807) is 6.92 Å². The highest BCUT2D eigenvalue weighted by molar-refractivity contribution is 5.87. The van der Waals surface area contributed by atoms with Gasteiger partial charge >= 0.3 is 11.9 Å². The fourth-order valence-corrected chi connectivity index (χ4v) is 2.06. The third-order valence-corrected chi connectivity index (χ3v) is 3.22. The molecule has 1 heterocycles. The van der Waals surface area contributed by atoms with Crippen molar-refractivity contribution in [3.63, 3.8) is 0 Å². The number of hydrogen-bond acceptors (Lipinski definition) is 6. The zero-order valence-corrected chi connectivity index (χ0v) is 12.0. The molecule has 0 aromatic carbocycles. The highest BCUT2D eigenvalue weighted by Gasteiger charge is 2.31. The number of esters is 2. The SMILES string of the molecule is COC(=O)[C@H](C[C@H](C)C(=O)OC)NC(=O)[C@@H]1CCCO1. The van der Waals surface area contributed by atoms with Crippen LogP contribution in [0.3, 0.4) is 0 Å². The molecule has 7 nitrogen and oxygen atoms in total. The predicted molar refractivity (Wildman–Crippen MR) is 68.7 cm³/mol. The van der Waals surface area contributed by atoms with E-state index in [-0.39, 0.29) is 12.3 Å². The average molecular weight is 287 g/mol. The van der Waals surface area contributed by atoms with Crippen molar-refractivity contribution < 1.29 is 28.6 Å². The van der Waals surface area contributed by atoms with Gasteiger partial charge in [0.2, 0.25) is 5.91 Å². The molecule has 1 aliphatic rings. The van der Waals surface area contributed by atoms with Gasteiger partial charge in [-0.3, -0.25) is 9.59 Å². The zero-order chi connectivity index (χ0) is 15.1. The van der Waals surface area contributed by atoms with E-state index in [9.17, 15) is 14.4 Å². The highest BCUT2D eigenvalue weighted by atomic mass is 16.5. The van der Waals surface area contributed by atoms with Crippen LogP contribution < -0.4 is 5.32 Å². The summed E-state index contributed by atoms with van der Waals surface area (Å²) in [7, 11) is 2.51. The van der Waals surface area contributed by atoms with Crippen molar-refractivity contribution in [2.75, 3.05) is 20.8 Å². The number of carbonyl (C=O) groups is 3. The van der Waals surface area contributed by atoms with Crippen LogP contribution in [-0.4, -0.2) is 50.8 Å². The first-order valence-corrected chi connectivity index (χ1v) is 6.57. The van der Waals surface area contributed by atoms with Crippen LogP contribution >= 0.6 is 0 Å². The minimum atomic E-state index is -0.884. The van der Waals surface area contributed by atoms with Crippen LogP contribution in [0.4, 0.5) is 0 Å². The van der Waals surface area contributed by atoms with E-state index in [4.69, 9.17) is 4.74 Å². The summed E-state index contributed by atoms with van der Waals surface area (Å²) in [6.07, 6.45) is 1.04. The first kappa shape index (κ1) is 16.4. The summed E-state index contributed by atoms with van der Waals surface area (Å²) in [5.41, 5.74) is 0. The number of ether oxygens (including phenoxy) is 3. The van der Waals surface area contributed by atoms with E-state index in [2.05, 4.69) is 14.8 Å². The maximum absolute atomic E-state index is 11.9. The number of methoxy groups -OCH3 is 2.